The highest BCUT2D eigenvalue weighted by Gasteiger charge is 2.26. The van der Waals surface area contributed by atoms with Gasteiger partial charge in [-0.3, -0.25) is 4.90 Å². The molecule has 1 unspecified atom stereocenters. The van der Waals surface area contributed by atoms with Crippen LogP contribution in [0.15, 0.2) is 115 Å². The third-order valence-electron chi connectivity index (χ3n) is 10.3. The molecule has 0 aliphatic carbocycles. The molecule has 0 aromatic heterocycles. The van der Waals surface area contributed by atoms with Gasteiger partial charge in [0, 0.05) is 37.9 Å². The minimum atomic E-state index is 0.183. The lowest BCUT2D eigenvalue weighted by Crippen LogP contribution is -2.45. The number of likely N-dealkylation sites (tertiary alicyclic amines) is 1. The van der Waals surface area contributed by atoms with E-state index in [1.165, 1.54) is 55.8 Å². The largest absolute Gasteiger partial charge is 0.497 e. The molecule has 51 heavy (non-hydrogen) atoms. The van der Waals surface area contributed by atoms with Crippen molar-refractivity contribution in [1.29, 1.82) is 0 Å². The summed E-state index contributed by atoms with van der Waals surface area (Å²) in [7, 11) is 1.74. The minimum Gasteiger partial charge on any atom is -0.497 e. The van der Waals surface area contributed by atoms with Gasteiger partial charge < -0.3 is 15.0 Å². The maximum absolute atomic E-state index is 5.52. The zero-order valence-electron chi connectivity index (χ0n) is 31.9. The van der Waals surface area contributed by atoms with Crippen LogP contribution in [0.25, 0.3) is 17.2 Å². The summed E-state index contributed by atoms with van der Waals surface area (Å²) >= 11 is 0. The van der Waals surface area contributed by atoms with Gasteiger partial charge in [-0.1, -0.05) is 101 Å². The standard InChI is InChI=1S/C45H53N3O.C2H6/c1-6-11-35-26-34(7-2)27-39(28-35)45-30-37(20-23-46-45)31-47-24-21-41(22-25-47)48(40-16-18-42(49-5)19-17-40)32-36-14-15-38(8-3)44(29-36)43-13-10-9-12-33(43)4;1-2/h7,9-10,12-20,23,26-30,41,45-46H,2,6,8,11,21-22,24-25,31-32H2,1,3-5H3;1-2H3. The molecule has 6 rings (SSSR count). The Kier molecular flexibility index (Phi) is 13.8. The van der Waals surface area contributed by atoms with Crippen molar-refractivity contribution in [3.63, 3.8) is 0 Å². The quantitative estimate of drug-likeness (QED) is 0.152. The lowest BCUT2D eigenvalue weighted by atomic mass is 9.92. The number of methoxy groups -OCH3 is 1. The fourth-order valence-electron chi connectivity index (χ4n) is 7.56. The summed E-state index contributed by atoms with van der Waals surface area (Å²) in [6, 6.07) is 32.1. The molecule has 4 aromatic rings. The number of ether oxygens (including phenoxy) is 1. The summed E-state index contributed by atoms with van der Waals surface area (Å²) in [5, 5.41) is 3.59. The Bertz CT molecular complexity index is 1780. The van der Waals surface area contributed by atoms with Gasteiger partial charge in [-0.25, -0.2) is 0 Å². The van der Waals surface area contributed by atoms with Gasteiger partial charge in [-0.15, -0.1) is 0 Å². The summed E-state index contributed by atoms with van der Waals surface area (Å²) < 4.78 is 5.52. The van der Waals surface area contributed by atoms with Crippen molar-refractivity contribution < 1.29 is 4.74 Å². The van der Waals surface area contributed by atoms with Crippen LogP contribution in [0.3, 0.4) is 0 Å². The van der Waals surface area contributed by atoms with E-state index in [1.807, 2.05) is 19.9 Å². The van der Waals surface area contributed by atoms with Gasteiger partial charge in [0.15, 0.2) is 0 Å². The molecule has 0 radical (unpaired) electrons. The van der Waals surface area contributed by atoms with E-state index in [0.29, 0.717) is 6.04 Å². The Morgan fingerprint density at radius 2 is 1.67 bits per heavy atom. The topological polar surface area (TPSA) is 27.7 Å². The number of rotatable bonds is 13. The minimum absolute atomic E-state index is 0.183. The van der Waals surface area contributed by atoms with Gasteiger partial charge in [0.1, 0.15) is 5.75 Å². The van der Waals surface area contributed by atoms with Crippen LogP contribution in [0.2, 0.25) is 0 Å². The van der Waals surface area contributed by atoms with Gasteiger partial charge in [-0.05, 0) is 131 Å². The summed E-state index contributed by atoms with van der Waals surface area (Å²) in [4.78, 5) is 5.27. The number of hydrogen-bond acceptors (Lipinski definition) is 4. The highest BCUT2D eigenvalue weighted by atomic mass is 16.5. The van der Waals surface area contributed by atoms with Crippen molar-refractivity contribution >= 4 is 11.8 Å². The molecule has 1 atom stereocenters. The molecule has 268 valence electrons. The van der Waals surface area contributed by atoms with Crippen LogP contribution in [0, 0.1) is 6.92 Å². The Balaban J connectivity index is 0.00000248. The predicted molar refractivity (Wildman–Crippen MR) is 220 cm³/mol. The lowest BCUT2D eigenvalue weighted by Gasteiger charge is -2.40. The first-order chi connectivity index (χ1) is 25.0. The zero-order chi connectivity index (χ0) is 36.2. The van der Waals surface area contributed by atoms with Gasteiger partial charge >= 0.3 is 0 Å². The lowest BCUT2D eigenvalue weighted by molar-refractivity contribution is 0.224. The first-order valence-electron chi connectivity index (χ1n) is 19.2. The third-order valence-corrected chi connectivity index (χ3v) is 10.3. The summed E-state index contributed by atoms with van der Waals surface area (Å²) in [6.07, 6.45) is 14.3. The molecule has 4 aromatic carbocycles. The molecule has 1 N–H and O–H groups in total. The monoisotopic (exact) mass is 681 g/mol. The summed E-state index contributed by atoms with van der Waals surface area (Å²) in [5.74, 6) is 0.895. The van der Waals surface area contributed by atoms with Crippen molar-refractivity contribution in [2.24, 2.45) is 0 Å². The van der Waals surface area contributed by atoms with Gasteiger partial charge in [-0.2, -0.15) is 0 Å². The maximum Gasteiger partial charge on any atom is 0.119 e. The van der Waals surface area contributed by atoms with E-state index in [4.69, 9.17) is 4.74 Å². The molecule has 2 aliphatic rings. The van der Waals surface area contributed by atoms with Gasteiger partial charge in [0.25, 0.3) is 0 Å². The van der Waals surface area contributed by atoms with E-state index in [0.717, 1.165) is 64.0 Å². The van der Waals surface area contributed by atoms with Gasteiger partial charge in [0.05, 0.1) is 13.2 Å². The molecule has 0 amide bonds. The number of dihydropyridines is 1. The molecular formula is C47H59N3O. The maximum atomic E-state index is 5.52. The van der Waals surface area contributed by atoms with Crippen molar-refractivity contribution in [2.45, 2.75) is 85.4 Å². The molecule has 0 saturated carbocycles. The number of hydrogen-bond donors (Lipinski definition) is 1. The fraction of sp³-hybridized carbons (Fsp3) is 0.362. The molecule has 0 bridgehead atoms. The SMILES string of the molecule is C=Cc1cc(CCC)cc(C2C=C(CN3CCC(N(Cc4ccc(CC)c(-c5ccccc5C)c4)c4ccc(OC)cc4)CC3)C=CN2)c1.CC. The van der Waals surface area contributed by atoms with Crippen molar-refractivity contribution in [3.05, 3.63) is 149 Å². The van der Waals surface area contributed by atoms with E-state index >= 15 is 0 Å². The average Bonchev–Trinajstić information content (AvgIpc) is 3.18. The molecule has 4 heteroatoms. The number of nitrogens with zero attached hydrogens (tertiary/aromatic N) is 2. The number of benzene rings is 4. The Morgan fingerprint density at radius 3 is 2.35 bits per heavy atom. The number of nitrogens with one attached hydrogen (secondary N) is 1. The summed E-state index contributed by atoms with van der Waals surface area (Å²) in [6.45, 7) is 18.8. The second-order valence-electron chi connectivity index (χ2n) is 13.7. The fourth-order valence-corrected chi connectivity index (χ4v) is 7.56. The van der Waals surface area contributed by atoms with Crippen LogP contribution < -0.4 is 15.0 Å². The molecule has 4 nitrogen and oxygen atoms in total. The van der Waals surface area contributed by atoms with Crippen molar-refractivity contribution in [3.8, 4) is 16.9 Å². The van der Waals surface area contributed by atoms with E-state index in [2.05, 4.69) is 146 Å². The second-order valence-corrected chi connectivity index (χ2v) is 13.7. The highest BCUT2D eigenvalue weighted by Crippen LogP contribution is 2.32. The predicted octanol–water partition coefficient (Wildman–Crippen LogP) is 11.1. The Morgan fingerprint density at radius 1 is 0.902 bits per heavy atom. The van der Waals surface area contributed by atoms with Crippen LogP contribution in [-0.2, 0) is 19.4 Å². The number of anilines is 1. The first kappa shape index (κ1) is 37.7. The van der Waals surface area contributed by atoms with Crippen molar-refractivity contribution in [1.82, 2.24) is 10.2 Å². The van der Waals surface area contributed by atoms with E-state index in [-0.39, 0.29) is 6.04 Å². The average molecular weight is 682 g/mol. The Labute approximate surface area is 308 Å². The molecule has 1 saturated heterocycles. The second kappa shape index (κ2) is 18.6. The third kappa shape index (κ3) is 9.62. The smallest absolute Gasteiger partial charge is 0.119 e. The van der Waals surface area contributed by atoms with Crippen LogP contribution in [0.5, 0.6) is 5.75 Å². The summed E-state index contributed by atoms with van der Waals surface area (Å²) in [5.41, 5.74) is 13.3. The van der Waals surface area contributed by atoms with Crippen LogP contribution in [-0.4, -0.2) is 37.7 Å². The Hall–Kier alpha value is -4.54. The molecular weight excluding hydrogens is 623 g/mol. The van der Waals surface area contributed by atoms with Gasteiger partial charge in [0.2, 0.25) is 0 Å². The van der Waals surface area contributed by atoms with Crippen LogP contribution in [0.1, 0.15) is 86.4 Å². The van der Waals surface area contributed by atoms with Crippen LogP contribution in [0.4, 0.5) is 5.69 Å². The normalized spacial score (nSPS) is 16.0. The van der Waals surface area contributed by atoms with Crippen molar-refractivity contribution in [2.75, 3.05) is 31.6 Å². The number of piperidine rings is 1. The molecule has 2 heterocycles. The van der Waals surface area contributed by atoms with E-state index in [9.17, 15) is 0 Å². The zero-order valence-corrected chi connectivity index (χ0v) is 31.9. The molecule has 0 spiro atoms. The molecule has 2 aliphatic heterocycles. The van der Waals surface area contributed by atoms with E-state index < -0.39 is 0 Å². The highest BCUT2D eigenvalue weighted by molar-refractivity contribution is 5.71. The van der Waals surface area contributed by atoms with E-state index in [1.54, 1.807) is 7.11 Å². The molecule has 1 fully saturated rings. The van der Waals surface area contributed by atoms with Crippen LogP contribution >= 0.6 is 0 Å². The number of aryl methyl sites for hydroxylation is 3. The first-order valence-corrected chi connectivity index (χ1v) is 19.2.